The van der Waals surface area contributed by atoms with Gasteiger partial charge in [0.2, 0.25) is 5.91 Å². The highest BCUT2D eigenvalue weighted by Crippen LogP contribution is 2.09. The number of hydrogen-bond donors (Lipinski definition) is 2. The number of benzene rings is 4. The Hall–Kier alpha value is -4.22. The van der Waals surface area contributed by atoms with Gasteiger partial charge in [-0.3, -0.25) is 4.79 Å². The van der Waals surface area contributed by atoms with Crippen molar-refractivity contribution in [2.75, 3.05) is 6.61 Å². The molecule has 0 spiro atoms. The molecule has 0 radical (unpaired) electrons. The van der Waals surface area contributed by atoms with Gasteiger partial charge in [-0.25, -0.2) is 4.79 Å². The molecule has 0 aliphatic carbocycles. The van der Waals surface area contributed by atoms with Crippen LogP contribution in [0.25, 0.3) is 0 Å². The van der Waals surface area contributed by atoms with Crippen LogP contribution in [-0.2, 0) is 28.9 Å². The lowest BCUT2D eigenvalue weighted by Crippen LogP contribution is -2.50. The lowest BCUT2D eigenvalue weighted by Gasteiger charge is -2.24. The lowest BCUT2D eigenvalue weighted by molar-refractivity contribution is -0.124. The quantitative estimate of drug-likeness (QED) is 0.274. The van der Waals surface area contributed by atoms with Gasteiger partial charge in [0, 0.05) is 6.54 Å². The molecule has 2 N–H and O–H groups in total. The van der Waals surface area contributed by atoms with Crippen molar-refractivity contribution >= 4 is 11.9 Å². The molecule has 0 saturated heterocycles. The van der Waals surface area contributed by atoms with E-state index in [1.165, 1.54) is 0 Å². The average molecular weight is 493 g/mol. The molecule has 0 fully saturated rings. The first-order chi connectivity index (χ1) is 18.2. The summed E-state index contributed by atoms with van der Waals surface area (Å²) in [6.45, 7) is 0.642. The van der Waals surface area contributed by atoms with E-state index in [1.54, 1.807) is 24.3 Å². The molecule has 4 aromatic carbocycles. The molecule has 0 saturated carbocycles. The second-order valence-electron chi connectivity index (χ2n) is 8.97. The van der Waals surface area contributed by atoms with Crippen LogP contribution in [0.5, 0.6) is 0 Å². The zero-order valence-corrected chi connectivity index (χ0v) is 20.8. The van der Waals surface area contributed by atoms with Crippen LogP contribution in [0.3, 0.4) is 0 Å². The predicted molar refractivity (Wildman–Crippen MR) is 146 cm³/mol. The van der Waals surface area contributed by atoms with Crippen molar-refractivity contribution in [3.05, 3.63) is 144 Å². The minimum absolute atomic E-state index is 0.0745. The van der Waals surface area contributed by atoms with Gasteiger partial charge in [0.05, 0.1) is 17.6 Å². The van der Waals surface area contributed by atoms with Crippen molar-refractivity contribution in [1.29, 1.82) is 0 Å². The van der Waals surface area contributed by atoms with Gasteiger partial charge in [-0.2, -0.15) is 0 Å². The fourth-order valence-corrected chi connectivity index (χ4v) is 4.13. The SMILES string of the molecule is O=C(OC[C@@H](Cc1ccccc1)NC(=O)[C@H](Cc1ccccc1)NCc1ccccc1)c1ccccc1. The lowest BCUT2D eigenvalue weighted by atomic mass is 10.0. The van der Waals surface area contributed by atoms with Crippen molar-refractivity contribution in [3.63, 3.8) is 0 Å². The van der Waals surface area contributed by atoms with Crippen molar-refractivity contribution in [2.45, 2.75) is 31.5 Å². The van der Waals surface area contributed by atoms with Crippen LogP contribution in [0.2, 0.25) is 0 Å². The first-order valence-corrected chi connectivity index (χ1v) is 12.5. The zero-order chi connectivity index (χ0) is 25.7. The summed E-state index contributed by atoms with van der Waals surface area (Å²) in [5.41, 5.74) is 3.71. The van der Waals surface area contributed by atoms with Gasteiger partial charge < -0.3 is 15.4 Å². The molecule has 0 aromatic heterocycles. The van der Waals surface area contributed by atoms with E-state index in [0.717, 1.165) is 16.7 Å². The molecule has 0 bridgehead atoms. The molecule has 0 aliphatic rings. The summed E-state index contributed by atoms with van der Waals surface area (Å²) in [7, 11) is 0. The average Bonchev–Trinajstić information content (AvgIpc) is 2.96. The molecule has 1 amide bonds. The molecule has 5 nitrogen and oxygen atoms in total. The molecule has 0 aliphatic heterocycles. The van der Waals surface area contributed by atoms with Gasteiger partial charge in [-0.15, -0.1) is 0 Å². The number of nitrogens with one attached hydrogen (secondary N) is 2. The van der Waals surface area contributed by atoms with Crippen LogP contribution in [-0.4, -0.2) is 30.6 Å². The maximum atomic E-state index is 13.6. The maximum Gasteiger partial charge on any atom is 0.338 e. The standard InChI is InChI=1S/C32H32N2O3/c35-31(30(22-26-15-7-2-8-16-26)33-23-27-17-9-3-10-18-27)34-29(21-25-13-5-1-6-14-25)24-37-32(36)28-19-11-4-12-20-28/h1-20,29-30,33H,21-24H2,(H,34,35)/t29-,30+/m1/s1. The minimum atomic E-state index is -0.453. The summed E-state index contributed by atoms with van der Waals surface area (Å²) in [4.78, 5) is 26.1. The molecular formula is C32H32N2O3. The molecule has 2 atom stereocenters. The fraction of sp³-hybridized carbons (Fsp3) is 0.188. The number of ether oxygens (including phenoxy) is 1. The Kier molecular flexibility index (Phi) is 9.62. The Bertz CT molecular complexity index is 1230. The highest BCUT2D eigenvalue weighted by Gasteiger charge is 2.23. The van der Waals surface area contributed by atoms with Gasteiger partial charge in [0.25, 0.3) is 0 Å². The van der Waals surface area contributed by atoms with Gasteiger partial charge in [0.15, 0.2) is 0 Å². The van der Waals surface area contributed by atoms with E-state index in [1.807, 2.05) is 97.1 Å². The Morgan fingerprint density at radius 2 is 1.11 bits per heavy atom. The molecule has 0 unspecified atom stereocenters. The second-order valence-corrected chi connectivity index (χ2v) is 8.97. The summed E-state index contributed by atoms with van der Waals surface area (Å²) in [5.74, 6) is -0.535. The van der Waals surface area contributed by atoms with E-state index < -0.39 is 12.0 Å². The van der Waals surface area contributed by atoms with Crippen LogP contribution in [0, 0.1) is 0 Å². The number of hydrogen-bond acceptors (Lipinski definition) is 4. The summed E-state index contributed by atoms with van der Waals surface area (Å²) in [5, 5.41) is 6.57. The number of rotatable bonds is 12. The number of esters is 1. The van der Waals surface area contributed by atoms with Crippen LogP contribution in [0.4, 0.5) is 0 Å². The Balaban J connectivity index is 1.46. The number of carbonyl (C=O) groups excluding carboxylic acids is 2. The minimum Gasteiger partial charge on any atom is -0.460 e. The van der Waals surface area contributed by atoms with Gasteiger partial charge in [-0.1, -0.05) is 109 Å². The first kappa shape index (κ1) is 25.9. The second kappa shape index (κ2) is 13.8. The van der Waals surface area contributed by atoms with E-state index in [4.69, 9.17) is 4.74 Å². The van der Waals surface area contributed by atoms with Crippen LogP contribution >= 0.6 is 0 Å². The third-order valence-electron chi connectivity index (χ3n) is 6.09. The molecule has 5 heteroatoms. The normalized spacial score (nSPS) is 12.3. The first-order valence-electron chi connectivity index (χ1n) is 12.5. The van der Waals surface area contributed by atoms with E-state index in [-0.39, 0.29) is 18.6 Å². The number of amides is 1. The van der Waals surface area contributed by atoms with Crippen LogP contribution in [0.15, 0.2) is 121 Å². The Morgan fingerprint density at radius 1 is 0.622 bits per heavy atom. The Morgan fingerprint density at radius 3 is 1.68 bits per heavy atom. The fourth-order valence-electron chi connectivity index (χ4n) is 4.13. The summed E-state index contributed by atoms with van der Waals surface area (Å²) >= 11 is 0. The topological polar surface area (TPSA) is 67.4 Å². The van der Waals surface area contributed by atoms with Crippen LogP contribution in [0.1, 0.15) is 27.0 Å². The van der Waals surface area contributed by atoms with E-state index >= 15 is 0 Å². The highest BCUT2D eigenvalue weighted by atomic mass is 16.5. The van der Waals surface area contributed by atoms with E-state index in [2.05, 4.69) is 10.6 Å². The third kappa shape index (κ3) is 8.44. The summed E-state index contributed by atoms with van der Waals surface area (Å²) in [6.07, 6.45) is 1.09. The van der Waals surface area contributed by atoms with Crippen molar-refractivity contribution in [2.24, 2.45) is 0 Å². The molecule has 188 valence electrons. The van der Waals surface area contributed by atoms with Crippen molar-refractivity contribution in [3.8, 4) is 0 Å². The van der Waals surface area contributed by atoms with E-state index in [0.29, 0.717) is 24.9 Å². The van der Waals surface area contributed by atoms with Gasteiger partial charge in [-0.05, 0) is 41.7 Å². The predicted octanol–water partition coefficient (Wildman–Crippen LogP) is 4.97. The Labute approximate surface area is 218 Å². The molecule has 37 heavy (non-hydrogen) atoms. The summed E-state index contributed by atoms with van der Waals surface area (Å²) < 4.78 is 5.62. The highest BCUT2D eigenvalue weighted by molar-refractivity contribution is 5.89. The largest absolute Gasteiger partial charge is 0.460 e. The van der Waals surface area contributed by atoms with E-state index in [9.17, 15) is 9.59 Å². The molecule has 4 rings (SSSR count). The number of carbonyl (C=O) groups is 2. The smallest absolute Gasteiger partial charge is 0.338 e. The molecule has 4 aromatic rings. The van der Waals surface area contributed by atoms with Crippen LogP contribution < -0.4 is 10.6 Å². The maximum absolute atomic E-state index is 13.6. The monoisotopic (exact) mass is 492 g/mol. The van der Waals surface area contributed by atoms with Gasteiger partial charge >= 0.3 is 5.97 Å². The van der Waals surface area contributed by atoms with Gasteiger partial charge in [0.1, 0.15) is 6.61 Å². The molecule has 0 heterocycles. The molecular weight excluding hydrogens is 460 g/mol. The third-order valence-corrected chi connectivity index (χ3v) is 6.09. The summed E-state index contributed by atoms with van der Waals surface area (Å²) in [6, 6.07) is 37.9. The van der Waals surface area contributed by atoms with Crippen molar-refractivity contribution in [1.82, 2.24) is 10.6 Å². The zero-order valence-electron chi connectivity index (χ0n) is 20.8. The van der Waals surface area contributed by atoms with Crippen molar-refractivity contribution < 1.29 is 14.3 Å².